The van der Waals surface area contributed by atoms with Gasteiger partial charge in [0.15, 0.2) is 19.7 Å². The molecule has 1 aliphatic rings. The molecular weight excluding hydrogens is 344 g/mol. The Labute approximate surface area is 135 Å². The van der Waals surface area contributed by atoms with Crippen molar-refractivity contribution in [2.75, 3.05) is 12.5 Å². The second kappa shape index (κ2) is 6.12. The van der Waals surface area contributed by atoms with Crippen molar-refractivity contribution < 1.29 is 31.5 Å². The number of carbonyl (C=O) groups is 1. The third-order valence-electron chi connectivity index (χ3n) is 3.65. The summed E-state index contributed by atoms with van der Waals surface area (Å²) >= 11 is 0. The van der Waals surface area contributed by atoms with E-state index in [0.717, 1.165) is 37.5 Å². The van der Waals surface area contributed by atoms with Crippen LogP contribution in [0.25, 0.3) is 0 Å². The highest BCUT2D eigenvalue weighted by Gasteiger charge is 2.29. The van der Waals surface area contributed by atoms with Gasteiger partial charge in [-0.25, -0.2) is 21.6 Å². The van der Waals surface area contributed by atoms with Gasteiger partial charge in [0.1, 0.15) is 10.6 Å². The first kappa shape index (κ1) is 17.7. The molecule has 7 nitrogen and oxygen atoms in total. The molecule has 0 atom stereocenters. The molecule has 1 aromatic rings. The summed E-state index contributed by atoms with van der Waals surface area (Å²) in [5.41, 5.74) is -0.594. The molecule has 0 heterocycles. The molecule has 2 rings (SSSR count). The monoisotopic (exact) mass is 362 g/mol. The minimum absolute atomic E-state index is 0.209. The van der Waals surface area contributed by atoms with Crippen LogP contribution >= 0.6 is 0 Å². The number of rotatable bonds is 5. The Hall–Kier alpha value is -1.61. The third kappa shape index (κ3) is 4.03. The fraction of sp³-hybridized carbons (Fsp3) is 0.500. The molecule has 1 fully saturated rings. The maximum atomic E-state index is 12.0. The highest BCUT2D eigenvalue weighted by Crippen LogP contribution is 2.34. The Morgan fingerprint density at radius 3 is 2.09 bits per heavy atom. The number of hydrogen-bond donors (Lipinski definition) is 1. The van der Waals surface area contributed by atoms with Gasteiger partial charge in [0.05, 0.1) is 16.6 Å². The highest BCUT2D eigenvalue weighted by atomic mass is 32.2. The number of hydrogen-bond acceptors (Lipinski definition) is 6. The van der Waals surface area contributed by atoms with Gasteiger partial charge < -0.3 is 9.84 Å². The number of carboxylic acids is 1. The number of aromatic carboxylic acids is 1. The maximum absolute atomic E-state index is 12.0. The first-order valence-corrected chi connectivity index (χ1v) is 10.8. The van der Waals surface area contributed by atoms with Crippen LogP contribution < -0.4 is 4.74 Å². The fourth-order valence-electron chi connectivity index (χ4n) is 2.61. The summed E-state index contributed by atoms with van der Waals surface area (Å²) in [5.74, 6) is -1.73. The zero-order valence-corrected chi connectivity index (χ0v) is 14.4. The zero-order chi connectivity index (χ0) is 17.4. The Morgan fingerprint density at radius 2 is 1.65 bits per heavy atom. The van der Waals surface area contributed by atoms with Crippen LogP contribution in [0.2, 0.25) is 0 Å². The Balaban J connectivity index is 2.72. The first-order valence-electron chi connectivity index (χ1n) is 6.98. The van der Waals surface area contributed by atoms with Crippen molar-refractivity contribution in [3.8, 4) is 5.75 Å². The molecule has 1 saturated carbocycles. The molecule has 1 aliphatic carbocycles. The highest BCUT2D eigenvalue weighted by molar-refractivity contribution is 7.91. The van der Waals surface area contributed by atoms with Crippen LogP contribution in [0, 0.1) is 0 Å². The molecule has 0 spiro atoms. The van der Waals surface area contributed by atoms with Gasteiger partial charge in [0.2, 0.25) is 0 Å². The Morgan fingerprint density at radius 1 is 1.09 bits per heavy atom. The van der Waals surface area contributed by atoms with Crippen LogP contribution in [0.5, 0.6) is 5.75 Å². The van der Waals surface area contributed by atoms with E-state index < -0.39 is 36.1 Å². The molecule has 0 radical (unpaired) electrons. The quantitative estimate of drug-likeness (QED) is 0.844. The summed E-state index contributed by atoms with van der Waals surface area (Å²) in [6.45, 7) is 0. The van der Waals surface area contributed by atoms with Gasteiger partial charge in [-0.1, -0.05) is 0 Å². The van der Waals surface area contributed by atoms with E-state index in [9.17, 15) is 26.7 Å². The van der Waals surface area contributed by atoms with E-state index >= 15 is 0 Å². The summed E-state index contributed by atoms with van der Waals surface area (Å²) < 4.78 is 53.2. The van der Waals surface area contributed by atoms with Crippen molar-refractivity contribution in [3.05, 3.63) is 17.7 Å². The smallest absolute Gasteiger partial charge is 0.337 e. The van der Waals surface area contributed by atoms with Gasteiger partial charge >= 0.3 is 5.97 Å². The second-order valence-electron chi connectivity index (χ2n) is 5.67. The minimum Gasteiger partial charge on any atom is -0.489 e. The van der Waals surface area contributed by atoms with Crippen LogP contribution in [-0.2, 0) is 19.7 Å². The molecule has 9 heteroatoms. The molecule has 1 N–H and O–H groups in total. The molecule has 23 heavy (non-hydrogen) atoms. The molecule has 0 unspecified atom stereocenters. The zero-order valence-electron chi connectivity index (χ0n) is 12.8. The number of benzene rings is 1. The third-order valence-corrected chi connectivity index (χ3v) is 5.91. The summed E-state index contributed by atoms with van der Waals surface area (Å²) in [6.07, 6.45) is 4.84. The lowest BCUT2D eigenvalue weighted by atomic mass is 10.2. The van der Waals surface area contributed by atoms with E-state index in [1.165, 1.54) is 0 Å². The van der Waals surface area contributed by atoms with Crippen molar-refractivity contribution in [3.63, 3.8) is 0 Å². The normalized spacial score (nSPS) is 16.4. The van der Waals surface area contributed by atoms with E-state index in [2.05, 4.69) is 0 Å². The number of sulfone groups is 2. The van der Waals surface area contributed by atoms with Gasteiger partial charge in [0.25, 0.3) is 0 Å². The summed E-state index contributed by atoms with van der Waals surface area (Å²) in [5, 5.41) is 9.29. The molecule has 0 aliphatic heterocycles. The molecule has 0 amide bonds. The topological polar surface area (TPSA) is 115 Å². The standard InChI is InChI=1S/C14H18O7S2/c1-22(17,18)10-7-11(14(15)16)13(23(2,19)20)12(8-10)21-9-5-3-4-6-9/h7-9H,3-6H2,1-2H3,(H,15,16). The van der Waals surface area contributed by atoms with Gasteiger partial charge in [-0.15, -0.1) is 0 Å². The van der Waals surface area contributed by atoms with Gasteiger partial charge in [0, 0.05) is 18.6 Å². The van der Waals surface area contributed by atoms with Crippen LogP contribution in [-0.4, -0.2) is 46.5 Å². The summed E-state index contributed by atoms with van der Waals surface area (Å²) in [4.78, 5) is 10.7. The van der Waals surface area contributed by atoms with Crippen LogP contribution in [0.4, 0.5) is 0 Å². The first-order chi connectivity index (χ1) is 10.5. The molecule has 1 aromatic carbocycles. The maximum Gasteiger partial charge on any atom is 0.337 e. The lowest BCUT2D eigenvalue weighted by molar-refractivity contribution is 0.0690. The van der Waals surface area contributed by atoms with Gasteiger partial charge in [-0.05, 0) is 31.7 Å². The van der Waals surface area contributed by atoms with Crippen molar-refractivity contribution in [2.24, 2.45) is 0 Å². The van der Waals surface area contributed by atoms with Crippen molar-refractivity contribution >= 4 is 25.6 Å². The molecule has 128 valence electrons. The lowest BCUT2D eigenvalue weighted by Crippen LogP contribution is -2.17. The molecular formula is C14H18O7S2. The Kier molecular flexibility index (Phi) is 4.72. The number of carboxylic acid groups (broad SMARTS) is 1. The van der Waals surface area contributed by atoms with E-state index in [1.807, 2.05) is 0 Å². The average molecular weight is 362 g/mol. The van der Waals surface area contributed by atoms with E-state index in [4.69, 9.17) is 4.74 Å². The lowest BCUT2D eigenvalue weighted by Gasteiger charge is -2.18. The van der Waals surface area contributed by atoms with Crippen molar-refractivity contribution in [1.29, 1.82) is 0 Å². The molecule has 0 saturated heterocycles. The van der Waals surface area contributed by atoms with Crippen LogP contribution in [0.1, 0.15) is 36.0 Å². The van der Waals surface area contributed by atoms with Crippen LogP contribution in [0.3, 0.4) is 0 Å². The molecule has 0 aromatic heterocycles. The minimum atomic E-state index is -3.91. The summed E-state index contributed by atoms with van der Waals surface area (Å²) in [7, 11) is -7.63. The summed E-state index contributed by atoms with van der Waals surface area (Å²) in [6, 6.07) is 1.95. The van der Waals surface area contributed by atoms with E-state index in [0.29, 0.717) is 12.8 Å². The van der Waals surface area contributed by atoms with E-state index in [-0.39, 0.29) is 16.7 Å². The average Bonchev–Trinajstić information content (AvgIpc) is 2.88. The predicted octanol–water partition coefficient (Wildman–Crippen LogP) is 1.51. The van der Waals surface area contributed by atoms with Gasteiger partial charge in [-0.2, -0.15) is 0 Å². The van der Waals surface area contributed by atoms with Crippen molar-refractivity contribution in [1.82, 2.24) is 0 Å². The fourth-order valence-corrected chi connectivity index (χ4v) is 4.28. The molecule has 0 bridgehead atoms. The van der Waals surface area contributed by atoms with Gasteiger partial charge in [-0.3, -0.25) is 0 Å². The SMILES string of the molecule is CS(=O)(=O)c1cc(OC2CCCC2)c(S(C)(=O)=O)c(C(=O)O)c1. The Bertz CT molecular complexity index is 832. The van der Waals surface area contributed by atoms with Crippen molar-refractivity contribution in [2.45, 2.75) is 41.6 Å². The van der Waals surface area contributed by atoms with Crippen LogP contribution in [0.15, 0.2) is 21.9 Å². The predicted molar refractivity (Wildman–Crippen MR) is 82.5 cm³/mol. The number of ether oxygens (including phenoxy) is 1. The van der Waals surface area contributed by atoms with E-state index in [1.54, 1.807) is 0 Å². The largest absolute Gasteiger partial charge is 0.489 e. The second-order valence-corrected chi connectivity index (χ2v) is 9.64.